The maximum atomic E-state index is 13.5. The van der Waals surface area contributed by atoms with Crippen molar-refractivity contribution < 1.29 is 188 Å². The number of rotatable bonds is 29. The number of aromatic nitrogens is 8. The minimum absolute atomic E-state index is 0. The molecule has 29 heteroatoms. The van der Waals surface area contributed by atoms with Gasteiger partial charge in [0, 0.05) is 191 Å². The molecule has 1 aromatic carbocycles. The van der Waals surface area contributed by atoms with E-state index in [-0.39, 0.29) is 199 Å². The van der Waals surface area contributed by atoms with E-state index in [0.29, 0.717) is 89.6 Å². The van der Waals surface area contributed by atoms with Crippen molar-refractivity contribution in [1.29, 1.82) is 0 Å². The third-order valence-electron chi connectivity index (χ3n) is 14.9. The van der Waals surface area contributed by atoms with Crippen LogP contribution < -0.4 is 35.7 Å². The summed E-state index contributed by atoms with van der Waals surface area (Å²) in [5, 5.41) is 11.3. The van der Waals surface area contributed by atoms with Crippen molar-refractivity contribution in [1.82, 2.24) is 48.8 Å². The second-order valence-corrected chi connectivity index (χ2v) is 21.6. The third kappa shape index (κ3) is 22.9. The Bertz CT molecular complexity index is 3820. The second-order valence-electron chi connectivity index (χ2n) is 21.6. The Morgan fingerprint density at radius 1 is 0.516 bits per heavy atom. The molecule has 2 aliphatic rings. The Morgan fingerprint density at radius 3 is 1.33 bits per heavy atom. The number of nitrogens with one attached hydrogen (secondary N) is 4. The number of hydrogen-bond donors (Lipinski definition) is 4. The van der Waals surface area contributed by atoms with Crippen molar-refractivity contribution in [2.75, 3.05) is 123 Å². The van der Waals surface area contributed by atoms with Crippen LogP contribution in [0.25, 0.3) is 44.4 Å². The van der Waals surface area contributed by atoms with Crippen LogP contribution in [0.4, 0.5) is 17.1 Å². The molecule has 0 saturated heterocycles. The van der Waals surface area contributed by atoms with Crippen molar-refractivity contribution in [3.8, 4) is 11.5 Å². The maximum absolute atomic E-state index is 13.5. The normalized spacial score (nSPS) is 11.6. The molecule has 8 rings (SSSR count). The zero-order valence-electron chi connectivity index (χ0n) is 54.8. The number of fused-ring (bicyclic) bond motifs is 7. The minimum atomic E-state index is -0.465. The molecule has 0 fully saturated rings. The van der Waals surface area contributed by atoms with Crippen LogP contribution in [-0.4, -0.2) is 180 Å². The molecule has 0 spiro atoms. The van der Waals surface area contributed by atoms with Gasteiger partial charge in [0.2, 0.25) is 5.91 Å². The Balaban J connectivity index is 0.00000451. The largest absolute Gasteiger partial charge is 0.657 e. The molecule has 0 atom stereocenters. The monoisotopic (exact) mass is 1870 g/mol. The van der Waals surface area contributed by atoms with E-state index in [1.807, 2.05) is 58.8 Å². The van der Waals surface area contributed by atoms with E-state index in [9.17, 15) is 19.2 Å². The van der Waals surface area contributed by atoms with Crippen molar-refractivity contribution in [3.05, 3.63) is 124 Å². The average Bonchev–Trinajstić information content (AvgIpc) is 1.92. The summed E-state index contributed by atoms with van der Waals surface area (Å²) in [5.74, 6) is -0.762. The number of allylic oxidation sites excluding steroid dienone is 4. The van der Waals surface area contributed by atoms with E-state index in [1.165, 1.54) is 6.07 Å². The van der Waals surface area contributed by atoms with Gasteiger partial charge in [0.25, 0.3) is 17.7 Å². The fourth-order valence-electron chi connectivity index (χ4n) is 9.47. The number of amides is 4. The second kappa shape index (κ2) is 40.1. The van der Waals surface area contributed by atoms with E-state index in [1.54, 1.807) is 97.2 Å². The SMILES string of the molecule is COCCOCCOCCOc1cc2ncc3nc(cc4[n-]c(cc5nc(cnc2cc1OCCOCCOCC(=O)Nc1cc(C(=O)Nc2cc(C(=O)Nc6cc(C(=O)NCCCN(C)C)n(C)c6)n(C)c2)n(C)c1)C(C)=C5C)c(C)c4C)C(C)=C3C.O.O.[Ac].[Ac].[Lu]. The van der Waals surface area contributed by atoms with Gasteiger partial charge in [0.05, 0.1) is 116 Å². The van der Waals surface area contributed by atoms with Gasteiger partial charge >= 0.3 is 0 Å². The van der Waals surface area contributed by atoms with E-state index in [2.05, 4.69) is 35.1 Å². The van der Waals surface area contributed by atoms with Crippen molar-refractivity contribution >= 4 is 85.1 Å². The van der Waals surface area contributed by atoms with Gasteiger partial charge in [0.15, 0.2) is 11.5 Å². The first-order valence-corrected chi connectivity index (χ1v) is 29.1. The van der Waals surface area contributed by atoms with Gasteiger partial charge < -0.3 is 89.0 Å². The Hall–Kier alpha value is -4.74. The molecule has 7 heterocycles. The zero-order chi connectivity index (χ0) is 63.0. The molecule has 0 saturated carbocycles. The van der Waals surface area contributed by atoms with Crippen LogP contribution in [0.15, 0.2) is 73.4 Å². The van der Waals surface area contributed by atoms with Gasteiger partial charge in [-0.25, -0.2) is 9.97 Å². The molecular weight excluding hydrogens is 1790 g/mol. The number of carbonyl (C=O) groups is 4. The molecule has 0 aliphatic carbocycles. The van der Waals surface area contributed by atoms with Crippen LogP contribution >= 0.6 is 0 Å². The van der Waals surface area contributed by atoms with Crippen molar-refractivity contribution in [2.45, 2.75) is 48.0 Å². The fourth-order valence-corrected chi connectivity index (χ4v) is 9.47. The minimum Gasteiger partial charge on any atom is -0.657 e. The molecule has 8 N–H and O–H groups in total. The zero-order valence-corrected chi connectivity index (χ0v) is 65.9. The van der Waals surface area contributed by atoms with Crippen LogP contribution in [0.1, 0.15) is 99.5 Å². The topological polar surface area (TPSA) is 328 Å². The van der Waals surface area contributed by atoms with Crippen LogP contribution in [-0.2, 0) is 49.6 Å². The third-order valence-corrected chi connectivity index (χ3v) is 14.9. The van der Waals surface area contributed by atoms with Gasteiger partial charge in [-0.2, -0.15) is 0 Å². The summed E-state index contributed by atoms with van der Waals surface area (Å²) in [6, 6.07) is 12.3. The summed E-state index contributed by atoms with van der Waals surface area (Å²) in [6.07, 6.45) is 9.15. The van der Waals surface area contributed by atoms with E-state index in [0.717, 1.165) is 68.8 Å². The van der Waals surface area contributed by atoms with Gasteiger partial charge in [-0.05, 0) is 109 Å². The number of methoxy groups -OCH3 is 1. The number of anilines is 3. The van der Waals surface area contributed by atoms with Gasteiger partial charge in [-0.1, -0.05) is 23.3 Å². The summed E-state index contributed by atoms with van der Waals surface area (Å²) in [4.78, 5) is 79.5. The Labute approximate surface area is 642 Å². The molecule has 2 aliphatic heterocycles. The number of benzene rings is 1. The molecule has 6 aromatic rings. The number of hydrogen-bond acceptors (Lipinski definition) is 16. The van der Waals surface area contributed by atoms with E-state index < -0.39 is 17.7 Å². The van der Waals surface area contributed by atoms with Crippen molar-refractivity contribution in [3.63, 3.8) is 0 Å². The number of ether oxygens (including phenoxy) is 7. The number of nitrogens with zero attached hydrogens (tertiary/aromatic N) is 9. The standard InChI is InChI=1S/C64H81N13O11.2Ac.Lu.2H2O/c1-39-40(2)49-30-51-42(4)44(6)55(73-51)34-67-53-32-60(59(87-24-22-84-19-18-83-17-16-82-12)31-52(53)66-33-54-43(5)41(3)50(72-54)29-48(39)71-49)88-25-23-85-20-21-86-38-61(78)68-45-26-57(76(10)35-45)63(80)70-47-28-58(77(11)37-47)64(81)69-46-27-56(75(9)36-46)62(79)65-14-13-15-74(7)8;;;;;/h26-37H,13-25,38H2,1-12H3,(H5,65,66,67,68,69,70,71,72,73,78,79,80,81);;;;2*1H2/p-1. The molecule has 93 heavy (non-hydrogen) atoms. The van der Waals surface area contributed by atoms with E-state index in [4.69, 9.17) is 58.1 Å². The quantitative estimate of drug-likeness (QED) is 0.0383. The maximum Gasteiger partial charge on any atom is 0.272 e. The van der Waals surface area contributed by atoms with Crippen LogP contribution in [0, 0.1) is 139 Å². The van der Waals surface area contributed by atoms with Gasteiger partial charge in [-0.15, -0.1) is 11.0 Å². The predicted molar refractivity (Wildman–Crippen MR) is 345 cm³/mol. The van der Waals surface area contributed by atoms with Gasteiger partial charge in [0.1, 0.15) is 36.9 Å². The summed E-state index contributed by atoms with van der Waals surface area (Å²) >= 11 is 0. The molecule has 26 nitrogen and oxygen atoms in total. The number of carbonyl (C=O) groups excluding carboxylic acids is 4. The molecule has 6 bridgehead atoms. The molecule has 0 unspecified atom stereocenters. The van der Waals surface area contributed by atoms with E-state index >= 15 is 0 Å². The van der Waals surface area contributed by atoms with Crippen molar-refractivity contribution in [2.24, 2.45) is 21.1 Å². The molecule has 4 amide bonds. The summed E-state index contributed by atoms with van der Waals surface area (Å²) in [6.45, 7) is 16.2. The Kier molecular flexibility index (Phi) is 35.6. The smallest absolute Gasteiger partial charge is 0.272 e. The van der Waals surface area contributed by atoms with Crippen LogP contribution in [0.2, 0.25) is 0 Å². The molecule has 3 radical (unpaired) electrons. The summed E-state index contributed by atoms with van der Waals surface area (Å²) in [5.41, 5.74) is 14.1. The first kappa shape index (κ1) is 82.5. The van der Waals surface area contributed by atoms with Crippen LogP contribution in [0.5, 0.6) is 11.5 Å². The first-order chi connectivity index (χ1) is 42.3. The number of aryl methyl sites for hydroxylation is 5. The molecule has 505 valence electrons. The first-order valence-electron chi connectivity index (χ1n) is 29.1. The molecular formula is C64H84Ac2LuN13O13-. The summed E-state index contributed by atoms with van der Waals surface area (Å²) in [7, 11) is 10.7. The predicted octanol–water partition coefficient (Wildman–Crippen LogP) is 6.15. The molecule has 5 aromatic heterocycles. The Morgan fingerprint density at radius 2 is 0.903 bits per heavy atom. The average molecular weight is 1870 g/mol. The van der Waals surface area contributed by atoms with Gasteiger partial charge in [-0.3, -0.25) is 29.1 Å². The summed E-state index contributed by atoms with van der Waals surface area (Å²) < 4.78 is 45.3. The fraction of sp³-hybridized carbons (Fsp3) is 0.406. The van der Waals surface area contributed by atoms with Crippen LogP contribution in [0.3, 0.4) is 0 Å².